The minimum Gasteiger partial charge on any atom is -0.465 e. The number of anilines is 1. The van der Waals surface area contributed by atoms with Crippen LogP contribution in [0.15, 0.2) is 36.4 Å². The molecule has 0 radical (unpaired) electrons. The maximum Gasteiger partial charge on any atom is 0.339 e. The van der Waals surface area contributed by atoms with Crippen LogP contribution < -0.4 is 5.32 Å². The van der Waals surface area contributed by atoms with Gasteiger partial charge in [0.2, 0.25) is 0 Å². The van der Waals surface area contributed by atoms with Gasteiger partial charge >= 0.3 is 17.9 Å². The van der Waals surface area contributed by atoms with E-state index in [4.69, 9.17) is 9.47 Å². The Morgan fingerprint density at radius 2 is 1.80 bits per heavy atom. The first-order valence-electron chi connectivity index (χ1n) is 9.32. The van der Waals surface area contributed by atoms with Gasteiger partial charge in [0.15, 0.2) is 6.10 Å². The van der Waals surface area contributed by atoms with Crippen molar-refractivity contribution < 1.29 is 33.4 Å². The van der Waals surface area contributed by atoms with Crippen molar-refractivity contribution in [2.75, 3.05) is 19.5 Å². The fourth-order valence-electron chi connectivity index (χ4n) is 3.21. The zero-order valence-electron chi connectivity index (χ0n) is 16.8. The molecular formula is C22H21NO7. The summed E-state index contributed by atoms with van der Waals surface area (Å²) in [6.45, 7) is 2.00. The third-order valence-electron chi connectivity index (χ3n) is 4.85. The molecule has 2 aromatic carbocycles. The predicted octanol–water partition coefficient (Wildman–Crippen LogP) is 2.54. The number of methoxy groups -OCH3 is 2. The average Bonchev–Trinajstić information content (AvgIpc) is 2.77. The Balaban J connectivity index is 1.88. The first kappa shape index (κ1) is 21.0. The van der Waals surface area contributed by atoms with Crippen LogP contribution in [0.1, 0.15) is 49.1 Å². The van der Waals surface area contributed by atoms with Gasteiger partial charge in [-0.15, -0.1) is 0 Å². The van der Waals surface area contributed by atoms with Crippen molar-refractivity contribution in [2.45, 2.75) is 25.9 Å². The third kappa shape index (κ3) is 4.17. The van der Waals surface area contributed by atoms with E-state index in [1.54, 1.807) is 6.07 Å². The van der Waals surface area contributed by atoms with E-state index in [-0.39, 0.29) is 23.2 Å². The molecule has 8 heteroatoms. The Morgan fingerprint density at radius 1 is 1.07 bits per heavy atom. The standard InChI is InChI=1S/C22H21NO7/c1-4-12-5-7-15-14(9-12)11-18(30-22(15)27)19(24)23-17-10-13(20(25)28-2)6-8-16(17)21(26)29-3/h5-10,18H,4,11H2,1-3H3,(H,23,24). The molecule has 156 valence electrons. The Kier molecular flexibility index (Phi) is 6.15. The van der Waals surface area contributed by atoms with Crippen LogP contribution in [0, 0.1) is 0 Å². The van der Waals surface area contributed by atoms with Crippen molar-refractivity contribution in [2.24, 2.45) is 0 Å². The molecule has 30 heavy (non-hydrogen) atoms. The van der Waals surface area contributed by atoms with Gasteiger partial charge in [0.05, 0.1) is 36.6 Å². The summed E-state index contributed by atoms with van der Waals surface area (Å²) in [5.41, 5.74) is 2.44. The van der Waals surface area contributed by atoms with Gasteiger partial charge < -0.3 is 19.5 Å². The number of hydrogen-bond donors (Lipinski definition) is 1. The second-order valence-electron chi connectivity index (χ2n) is 6.68. The van der Waals surface area contributed by atoms with E-state index in [1.165, 1.54) is 32.4 Å². The largest absolute Gasteiger partial charge is 0.465 e. The lowest BCUT2D eigenvalue weighted by atomic mass is 9.95. The summed E-state index contributed by atoms with van der Waals surface area (Å²) in [5.74, 6) is -2.54. The van der Waals surface area contributed by atoms with Gasteiger partial charge in [-0.2, -0.15) is 0 Å². The number of esters is 3. The Labute approximate surface area is 173 Å². The number of carbonyl (C=O) groups is 4. The molecule has 0 saturated heterocycles. The van der Waals surface area contributed by atoms with E-state index in [0.717, 1.165) is 17.5 Å². The third-order valence-corrected chi connectivity index (χ3v) is 4.85. The number of fused-ring (bicyclic) bond motifs is 1. The van der Waals surface area contributed by atoms with E-state index in [9.17, 15) is 19.2 Å². The highest BCUT2D eigenvalue weighted by Crippen LogP contribution is 2.25. The maximum atomic E-state index is 12.8. The molecule has 0 fully saturated rings. The summed E-state index contributed by atoms with van der Waals surface area (Å²) in [7, 11) is 2.42. The first-order valence-corrected chi connectivity index (χ1v) is 9.32. The minimum absolute atomic E-state index is 0.0503. The molecule has 1 aliphatic rings. The van der Waals surface area contributed by atoms with Crippen molar-refractivity contribution in [1.82, 2.24) is 0 Å². The van der Waals surface area contributed by atoms with E-state index >= 15 is 0 Å². The van der Waals surface area contributed by atoms with E-state index in [1.807, 2.05) is 19.1 Å². The molecule has 1 unspecified atom stereocenters. The molecule has 0 bridgehead atoms. The summed E-state index contributed by atoms with van der Waals surface area (Å²) in [6.07, 6.45) is -0.0862. The van der Waals surface area contributed by atoms with Crippen LogP contribution in [0.5, 0.6) is 0 Å². The molecule has 1 amide bonds. The monoisotopic (exact) mass is 411 g/mol. The second kappa shape index (κ2) is 8.77. The Morgan fingerprint density at radius 3 is 2.47 bits per heavy atom. The van der Waals surface area contributed by atoms with Crippen molar-refractivity contribution >= 4 is 29.5 Å². The molecule has 8 nitrogen and oxygen atoms in total. The number of rotatable bonds is 5. The summed E-state index contributed by atoms with van der Waals surface area (Å²) in [5, 5.41) is 2.57. The molecule has 2 aromatic rings. The lowest BCUT2D eigenvalue weighted by Gasteiger charge is -2.24. The Hall–Kier alpha value is -3.68. The number of cyclic esters (lactones) is 1. The highest BCUT2D eigenvalue weighted by atomic mass is 16.5. The SMILES string of the molecule is CCc1ccc2c(c1)CC(C(=O)Nc1cc(C(=O)OC)ccc1C(=O)OC)OC2=O. The molecular weight excluding hydrogens is 390 g/mol. The van der Waals surface area contributed by atoms with E-state index in [2.05, 4.69) is 10.1 Å². The molecule has 0 saturated carbocycles. The zero-order valence-corrected chi connectivity index (χ0v) is 16.8. The van der Waals surface area contributed by atoms with Gasteiger partial charge in [-0.1, -0.05) is 19.1 Å². The van der Waals surface area contributed by atoms with Crippen molar-refractivity contribution in [3.05, 3.63) is 64.2 Å². The van der Waals surface area contributed by atoms with Crippen LogP contribution >= 0.6 is 0 Å². The normalized spacial score (nSPS) is 14.9. The number of ether oxygens (including phenoxy) is 3. The van der Waals surface area contributed by atoms with Gasteiger partial charge in [0.25, 0.3) is 5.91 Å². The van der Waals surface area contributed by atoms with Gasteiger partial charge in [-0.05, 0) is 41.8 Å². The van der Waals surface area contributed by atoms with Crippen molar-refractivity contribution in [3.8, 4) is 0 Å². The summed E-state index contributed by atoms with van der Waals surface area (Å²) < 4.78 is 14.7. The number of benzene rings is 2. The lowest BCUT2D eigenvalue weighted by molar-refractivity contribution is -0.125. The molecule has 1 aliphatic heterocycles. The number of aryl methyl sites for hydroxylation is 1. The fraction of sp³-hybridized carbons (Fsp3) is 0.273. The quantitative estimate of drug-likeness (QED) is 0.595. The zero-order chi connectivity index (χ0) is 21.8. The van der Waals surface area contributed by atoms with Gasteiger partial charge in [0.1, 0.15) is 0 Å². The van der Waals surface area contributed by atoms with Gasteiger partial charge in [0, 0.05) is 6.42 Å². The Bertz CT molecular complexity index is 1030. The van der Waals surface area contributed by atoms with Crippen LogP contribution in [0.2, 0.25) is 0 Å². The predicted molar refractivity (Wildman–Crippen MR) is 106 cm³/mol. The number of carbonyl (C=O) groups excluding carboxylic acids is 4. The molecule has 0 aliphatic carbocycles. The van der Waals surface area contributed by atoms with Gasteiger partial charge in [-0.3, -0.25) is 4.79 Å². The number of hydrogen-bond acceptors (Lipinski definition) is 7. The number of amides is 1. The fourth-order valence-corrected chi connectivity index (χ4v) is 3.21. The summed E-state index contributed by atoms with van der Waals surface area (Å²) >= 11 is 0. The molecule has 0 aromatic heterocycles. The second-order valence-corrected chi connectivity index (χ2v) is 6.68. The molecule has 0 spiro atoms. The highest BCUT2D eigenvalue weighted by Gasteiger charge is 2.32. The van der Waals surface area contributed by atoms with Crippen LogP contribution in [0.4, 0.5) is 5.69 Å². The lowest BCUT2D eigenvalue weighted by Crippen LogP contribution is -2.38. The molecule has 3 rings (SSSR count). The molecule has 1 atom stereocenters. The molecule has 1 heterocycles. The van der Waals surface area contributed by atoms with Crippen LogP contribution in [0.3, 0.4) is 0 Å². The first-order chi connectivity index (χ1) is 14.4. The summed E-state index contributed by atoms with van der Waals surface area (Å²) in [4.78, 5) is 49.0. The van der Waals surface area contributed by atoms with Crippen molar-refractivity contribution in [1.29, 1.82) is 0 Å². The average molecular weight is 411 g/mol. The van der Waals surface area contributed by atoms with Crippen LogP contribution in [-0.4, -0.2) is 44.1 Å². The van der Waals surface area contributed by atoms with Crippen LogP contribution in [0.25, 0.3) is 0 Å². The minimum atomic E-state index is -1.08. The van der Waals surface area contributed by atoms with E-state index < -0.39 is 29.9 Å². The smallest absolute Gasteiger partial charge is 0.339 e. The summed E-state index contributed by atoms with van der Waals surface area (Å²) in [6, 6.07) is 9.47. The van der Waals surface area contributed by atoms with Crippen molar-refractivity contribution in [3.63, 3.8) is 0 Å². The van der Waals surface area contributed by atoms with E-state index in [0.29, 0.717) is 5.56 Å². The maximum absolute atomic E-state index is 12.8. The van der Waals surface area contributed by atoms with Gasteiger partial charge in [-0.25, -0.2) is 14.4 Å². The number of nitrogens with one attached hydrogen (secondary N) is 1. The molecule has 1 N–H and O–H groups in total. The topological polar surface area (TPSA) is 108 Å². The highest BCUT2D eigenvalue weighted by molar-refractivity contribution is 6.05. The van der Waals surface area contributed by atoms with Crippen LogP contribution in [-0.2, 0) is 31.8 Å².